The number of ether oxygens (including phenoxy) is 2. The molecule has 104 valence electrons. The highest BCUT2D eigenvalue weighted by molar-refractivity contribution is 5.86. The molecule has 2 aromatic carbocycles. The molecule has 0 radical (unpaired) electrons. The second-order valence-electron chi connectivity index (χ2n) is 5.09. The lowest BCUT2D eigenvalue weighted by atomic mass is 9.90. The first-order chi connectivity index (χ1) is 9.76. The lowest BCUT2D eigenvalue weighted by Gasteiger charge is -2.33. The summed E-state index contributed by atoms with van der Waals surface area (Å²) in [5, 5.41) is 2.54. The van der Waals surface area contributed by atoms with Crippen LogP contribution in [0, 0.1) is 0 Å². The number of hydrogen-bond donors (Lipinski definition) is 0. The Morgan fingerprint density at radius 3 is 2.30 bits per heavy atom. The highest BCUT2D eigenvalue weighted by atomic mass is 16.7. The van der Waals surface area contributed by atoms with Crippen molar-refractivity contribution >= 4 is 16.8 Å². The highest BCUT2D eigenvalue weighted by Gasteiger charge is 2.32. The predicted molar refractivity (Wildman–Crippen MR) is 82.7 cm³/mol. The molecular formula is C18H20O2. The van der Waals surface area contributed by atoms with E-state index in [2.05, 4.69) is 48.6 Å². The van der Waals surface area contributed by atoms with Crippen LogP contribution in [-0.4, -0.2) is 19.0 Å². The van der Waals surface area contributed by atoms with Gasteiger partial charge in [-0.15, -0.1) is 0 Å². The third-order valence-electron chi connectivity index (χ3n) is 3.74. The Morgan fingerprint density at radius 2 is 1.65 bits per heavy atom. The van der Waals surface area contributed by atoms with Gasteiger partial charge in [-0.05, 0) is 47.9 Å². The number of rotatable bonds is 4. The van der Waals surface area contributed by atoms with E-state index in [1.807, 2.05) is 13.8 Å². The van der Waals surface area contributed by atoms with Crippen molar-refractivity contribution in [2.75, 3.05) is 13.2 Å². The summed E-state index contributed by atoms with van der Waals surface area (Å²) in [5.74, 6) is -0.598. The monoisotopic (exact) mass is 268 g/mol. The normalized spacial score (nSPS) is 16.3. The fourth-order valence-corrected chi connectivity index (χ4v) is 2.88. The van der Waals surface area contributed by atoms with Gasteiger partial charge in [-0.25, -0.2) is 0 Å². The zero-order chi connectivity index (χ0) is 14.0. The molecule has 2 nitrogen and oxygen atoms in total. The van der Waals surface area contributed by atoms with E-state index in [9.17, 15) is 0 Å². The Balaban J connectivity index is 2.03. The third kappa shape index (κ3) is 2.37. The minimum atomic E-state index is -0.598. The summed E-state index contributed by atoms with van der Waals surface area (Å²) >= 11 is 0. The van der Waals surface area contributed by atoms with Crippen LogP contribution in [0.25, 0.3) is 16.8 Å². The molecule has 2 heteroatoms. The van der Waals surface area contributed by atoms with Crippen molar-refractivity contribution in [2.24, 2.45) is 0 Å². The van der Waals surface area contributed by atoms with Crippen molar-refractivity contribution in [3.63, 3.8) is 0 Å². The van der Waals surface area contributed by atoms with Crippen LogP contribution in [0.2, 0.25) is 0 Å². The summed E-state index contributed by atoms with van der Waals surface area (Å²) in [5.41, 5.74) is 2.55. The van der Waals surface area contributed by atoms with E-state index >= 15 is 0 Å². The van der Waals surface area contributed by atoms with Crippen molar-refractivity contribution in [2.45, 2.75) is 26.1 Å². The topological polar surface area (TPSA) is 18.5 Å². The Hall–Kier alpha value is -1.64. The summed E-state index contributed by atoms with van der Waals surface area (Å²) < 4.78 is 11.7. The van der Waals surface area contributed by atoms with Crippen LogP contribution in [0.5, 0.6) is 0 Å². The summed E-state index contributed by atoms with van der Waals surface area (Å²) in [6.07, 6.45) is 4.94. The van der Waals surface area contributed by atoms with Crippen LogP contribution in [0.15, 0.2) is 42.5 Å². The Morgan fingerprint density at radius 1 is 1.00 bits per heavy atom. The summed E-state index contributed by atoms with van der Waals surface area (Å²) in [4.78, 5) is 0. The van der Waals surface area contributed by atoms with Gasteiger partial charge in [-0.1, -0.05) is 36.4 Å². The summed E-state index contributed by atoms with van der Waals surface area (Å²) in [7, 11) is 0. The van der Waals surface area contributed by atoms with Crippen molar-refractivity contribution in [3.8, 4) is 0 Å². The fourth-order valence-electron chi connectivity index (χ4n) is 2.88. The molecule has 0 amide bonds. The summed E-state index contributed by atoms with van der Waals surface area (Å²) in [6.45, 7) is 5.30. The van der Waals surface area contributed by atoms with E-state index in [0.717, 1.165) is 6.42 Å². The zero-order valence-corrected chi connectivity index (χ0v) is 12.1. The largest absolute Gasteiger partial charge is 0.346 e. The quantitative estimate of drug-likeness (QED) is 0.774. The van der Waals surface area contributed by atoms with E-state index < -0.39 is 5.79 Å². The minimum Gasteiger partial charge on any atom is -0.346 e. The second kappa shape index (κ2) is 5.39. The Kier molecular flexibility index (Phi) is 3.60. The molecule has 0 saturated carbocycles. The first-order valence-corrected chi connectivity index (χ1v) is 7.25. The first-order valence-electron chi connectivity index (χ1n) is 7.25. The number of benzene rings is 2. The smallest absolute Gasteiger partial charge is 0.192 e. The van der Waals surface area contributed by atoms with E-state index in [1.54, 1.807) is 0 Å². The second-order valence-corrected chi connectivity index (χ2v) is 5.09. The molecule has 0 aliphatic heterocycles. The molecule has 3 rings (SSSR count). The van der Waals surface area contributed by atoms with Crippen LogP contribution >= 0.6 is 0 Å². The van der Waals surface area contributed by atoms with Crippen molar-refractivity contribution in [3.05, 3.63) is 53.6 Å². The molecule has 0 unspecified atom stereocenters. The molecule has 20 heavy (non-hydrogen) atoms. The van der Waals surface area contributed by atoms with Gasteiger partial charge in [0.05, 0.1) is 0 Å². The van der Waals surface area contributed by atoms with Gasteiger partial charge in [-0.3, -0.25) is 0 Å². The van der Waals surface area contributed by atoms with E-state index in [1.165, 1.54) is 21.9 Å². The lowest BCUT2D eigenvalue weighted by molar-refractivity contribution is -0.198. The molecule has 0 bridgehead atoms. The average molecular weight is 268 g/mol. The summed E-state index contributed by atoms with van der Waals surface area (Å²) in [6, 6.07) is 12.9. The van der Waals surface area contributed by atoms with Gasteiger partial charge in [0.2, 0.25) is 0 Å². The van der Waals surface area contributed by atoms with E-state index in [4.69, 9.17) is 9.47 Å². The van der Waals surface area contributed by atoms with Crippen LogP contribution in [0.1, 0.15) is 25.0 Å². The average Bonchev–Trinajstić information content (AvgIpc) is 2.46. The minimum absolute atomic E-state index is 0.598. The van der Waals surface area contributed by atoms with Crippen molar-refractivity contribution < 1.29 is 9.47 Å². The van der Waals surface area contributed by atoms with Gasteiger partial charge in [0, 0.05) is 19.6 Å². The van der Waals surface area contributed by atoms with Crippen molar-refractivity contribution in [1.82, 2.24) is 0 Å². The number of hydrogen-bond acceptors (Lipinski definition) is 2. The SMILES string of the molecule is CCOC1(OCC)C=Cc2cc3ccccc3cc2C1. The standard InChI is InChI=1S/C18H20O2/c1-3-19-18(20-4-2)10-9-16-11-14-7-5-6-8-15(14)12-17(16)13-18/h5-12H,3-4,13H2,1-2H3. The molecule has 1 aliphatic rings. The first kappa shape index (κ1) is 13.3. The molecule has 0 N–H and O–H groups in total. The zero-order valence-electron chi connectivity index (χ0n) is 12.1. The van der Waals surface area contributed by atoms with Gasteiger partial charge >= 0.3 is 0 Å². The lowest BCUT2D eigenvalue weighted by Crippen LogP contribution is -2.38. The molecule has 2 aromatic rings. The van der Waals surface area contributed by atoms with E-state index in [-0.39, 0.29) is 0 Å². The maximum absolute atomic E-state index is 5.87. The van der Waals surface area contributed by atoms with Gasteiger partial charge in [0.1, 0.15) is 0 Å². The van der Waals surface area contributed by atoms with Crippen LogP contribution < -0.4 is 0 Å². The number of fused-ring (bicyclic) bond motifs is 2. The molecule has 1 aliphatic carbocycles. The fraction of sp³-hybridized carbons (Fsp3) is 0.333. The maximum Gasteiger partial charge on any atom is 0.192 e. The van der Waals surface area contributed by atoms with Gasteiger partial charge < -0.3 is 9.47 Å². The molecule has 0 heterocycles. The van der Waals surface area contributed by atoms with Crippen LogP contribution in [0.3, 0.4) is 0 Å². The molecular weight excluding hydrogens is 248 g/mol. The third-order valence-corrected chi connectivity index (χ3v) is 3.74. The molecule has 0 spiro atoms. The molecule has 0 atom stereocenters. The van der Waals surface area contributed by atoms with Crippen LogP contribution in [0.4, 0.5) is 0 Å². The predicted octanol–water partition coefficient (Wildman–Crippen LogP) is 4.18. The van der Waals surface area contributed by atoms with Gasteiger partial charge in [0.25, 0.3) is 0 Å². The maximum atomic E-state index is 5.87. The van der Waals surface area contributed by atoms with Gasteiger partial charge in [-0.2, -0.15) is 0 Å². The molecule has 0 aromatic heterocycles. The molecule has 0 saturated heterocycles. The Labute approximate surface area is 120 Å². The Bertz CT molecular complexity index is 637. The highest BCUT2D eigenvalue weighted by Crippen LogP contribution is 2.32. The van der Waals surface area contributed by atoms with Crippen LogP contribution in [-0.2, 0) is 15.9 Å². The van der Waals surface area contributed by atoms with Crippen molar-refractivity contribution in [1.29, 1.82) is 0 Å². The van der Waals surface area contributed by atoms with E-state index in [0.29, 0.717) is 13.2 Å². The molecule has 0 fully saturated rings. The van der Waals surface area contributed by atoms with Gasteiger partial charge in [0.15, 0.2) is 5.79 Å².